The Morgan fingerprint density at radius 1 is 1.19 bits per heavy atom. The molecule has 2 saturated heterocycles. The van der Waals surface area contributed by atoms with Gasteiger partial charge in [-0.15, -0.1) is 4.28 Å². The second-order valence-electron chi connectivity index (χ2n) is 10.7. The normalized spacial score (nSPS) is 34.2. The van der Waals surface area contributed by atoms with E-state index in [1.807, 2.05) is 20.8 Å². The van der Waals surface area contributed by atoms with E-state index in [9.17, 15) is 22.8 Å². The van der Waals surface area contributed by atoms with Crippen molar-refractivity contribution in [2.75, 3.05) is 6.54 Å². The summed E-state index contributed by atoms with van der Waals surface area (Å²) in [5.74, 6) is -0.0952. The molecule has 2 aliphatic carbocycles. The number of hydroxylamine groups is 2. The quantitative estimate of drug-likeness (QED) is 0.435. The Hall–Kier alpha value is -1.92. The Kier molecular flexibility index (Phi) is 5.70. The third-order valence-electron chi connectivity index (χ3n) is 6.82. The molecule has 32 heavy (non-hydrogen) atoms. The standard InChI is InChI=1S/C20H31N3O8S/c1-19(2,3)30-16(24)6-12-7-20(8-12)9-13(10-20)21-17(25)15-5-4-14-11-22(15)18(26)23(14)31-32(27,28)29/h12-15H,4-11H2,1-3H3,(H,21,25)(H,27,28,29)/t12?,13?,14-,15+,20?/m1/s1. The largest absolute Gasteiger partial charge is 0.460 e. The summed E-state index contributed by atoms with van der Waals surface area (Å²) < 4.78 is 40.6. The van der Waals surface area contributed by atoms with Crippen LogP contribution in [0.5, 0.6) is 0 Å². The van der Waals surface area contributed by atoms with Crippen molar-refractivity contribution in [2.24, 2.45) is 11.3 Å². The number of hydrogen-bond acceptors (Lipinski definition) is 7. The number of piperidine rings is 1. The number of nitrogens with zero attached hydrogens (tertiary/aromatic N) is 2. The first-order valence-electron chi connectivity index (χ1n) is 11.0. The van der Waals surface area contributed by atoms with Crippen LogP contribution in [0.3, 0.4) is 0 Å². The smallest absolute Gasteiger partial charge is 0.418 e. The van der Waals surface area contributed by atoms with Crippen LogP contribution in [0.1, 0.15) is 65.7 Å². The number of amides is 3. The summed E-state index contributed by atoms with van der Waals surface area (Å²) in [6.07, 6.45) is 4.83. The van der Waals surface area contributed by atoms with E-state index in [-0.39, 0.29) is 29.9 Å². The summed E-state index contributed by atoms with van der Waals surface area (Å²) in [6, 6.07) is -1.91. The number of fused-ring (bicyclic) bond motifs is 2. The molecule has 0 radical (unpaired) electrons. The van der Waals surface area contributed by atoms with Gasteiger partial charge >= 0.3 is 22.4 Å². The molecule has 180 valence electrons. The molecule has 0 aromatic rings. The van der Waals surface area contributed by atoms with Gasteiger partial charge < -0.3 is 15.0 Å². The summed E-state index contributed by atoms with van der Waals surface area (Å²) >= 11 is 0. The molecule has 12 heteroatoms. The maximum Gasteiger partial charge on any atom is 0.418 e. The Morgan fingerprint density at radius 3 is 2.44 bits per heavy atom. The van der Waals surface area contributed by atoms with Crippen LogP contribution in [0.4, 0.5) is 4.79 Å². The molecule has 2 heterocycles. The predicted molar refractivity (Wildman–Crippen MR) is 110 cm³/mol. The van der Waals surface area contributed by atoms with Crippen molar-refractivity contribution in [3.63, 3.8) is 0 Å². The van der Waals surface area contributed by atoms with Gasteiger partial charge in [0.2, 0.25) is 5.91 Å². The van der Waals surface area contributed by atoms with E-state index in [0.29, 0.717) is 30.2 Å². The van der Waals surface area contributed by atoms with Crippen molar-refractivity contribution in [1.82, 2.24) is 15.3 Å². The lowest BCUT2D eigenvalue weighted by Gasteiger charge is -2.58. The van der Waals surface area contributed by atoms with Gasteiger partial charge in [0, 0.05) is 19.0 Å². The summed E-state index contributed by atoms with van der Waals surface area (Å²) in [4.78, 5) is 38.5. The molecule has 1 spiro atoms. The molecule has 11 nitrogen and oxygen atoms in total. The molecule has 4 aliphatic rings. The molecule has 0 unspecified atom stereocenters. The van der Waals surface area contributed by atoms with Gasteiger partial charge in [-0.1, -0.05) is 0 Å². The van der Waals surface area contributed by atoms with Gasteiger partial charge in [0.1, 0.15) is 11.6 Å². The molecule has 4 fully saturated rings. The fourth-order valence-corrected chi connectivity index (χ4v) is 6.14. The molecule has 2 bridgehead atoms. The zero-order valence-electron chi connectivity index (χ0n) is 18.6. The number of nitrogens with one attached hydrogen (secondary N) is 1. The highest BCUT2D eigenvalue weighted by Crippen LogP contribution is 2.59. The van der Waals surface area contributed by atoms with Gasteiger partial charge in [-0.25, -0.2) is 4.79 Å². The molecule has 0 aromatic carbocycles. The minimum absolute atomic E-state index is 0.0329. The summed E-state index contributed by atoms with van der Waals surface area (Å²) in [5.41, 5.74) is -0.290. The maximum absolute atomic E-state index is 12.8. The first kappa shape index (κ1) is 23.2. The van der Waals surface area contributed by atoms with Gasteiger partial charge in [0.15, 0.2) is 0 Å². The number of rotatable bonds is 6. The number of urea groups is 1. The summed E-state index contributed by atoms with van der Waals surface area (Å²) in [7, 11) is -4.81. The highest BCUT2D eigenvalue weighted by Gasteiger charge is 2.55. The lowest BCUT2D eigenvalue weighted by atomic mass is 9.49. The minimum atomic E-state index is -4.81. The van der Waals surface area contributed by atoms with Gasteiger partial charge in [-0.3, -0.25) is 14.1 Å². The molecule has 4 rings (SSSR count). The Balaban J connectivity index is 1.22. The van der Waals surface area contributed by atoms with Gasteiger partial charge in [0.05, 0.1) is 6.04 Å². The maximum atomic E-state index is 12.8. The fourth-order valence-electron chi connectivity index (χ4n) is 5.75. The van der Waals surface area contributed by atoms with Crippen LogP contribution in [0.25, 0.3) is 0 Å². The lowest BCUT2D eigenvalue weighted by Crippen LogP contribution is -2.59. The second kappa shape index (κ2) is 7.84. The predicted octanol–water partition coefficient (Wildman–Crippen LogP) is 1.40. The molecule has 2 saturated carbocycles. The SMILES string of the molecule is CC(C)(C)OC(=O)CC1CC2(C1)CC(NC(=O)[C@@H]1CC[C@@H]3CN1C(=O)N3OS(=O)(=O)O)C2. The molecular formula is C20H31N3O8S. The van der Waals surface area contributed by atoms with Crippen LogP contribution in [0.15, 0.2) is 0 Å². The van der Waals surface area contributed by atoms with Crippen molar-refractivity contribution >= 4 is 28.3 Å². The van der Waals surface area contributed by atoms with E-state index in [4.69, 9.17) is 9.29 Å². The molecule has 3 amide bonds. The molecular weight excluding hydrogens is 442 g/mol. The van der Waals surface area contributed by atoms with Crippen molar-refractivity contribution < 1.29 is 36.4 Å². The number of carbonyl (C=O) groups excluding carboxylic acids is 3. The Bertz CT molecular complexity index is 900. The van der Waals surface area contributed by atoms with E-state index in [0.717, 1.165) is 25.7 Å². The van der Waals surface area contributed by atoms with E-state index < -0.39 is 34.1 Å². The number of carbonyl (C=O) groups is 3. The van der Waals surface area contributed by atoms with Crippen LogP contribution < -0.4 is 5.32 Å². The second-order valence-corrected chi connectivity index (χ2v) is 11.7. The lowest BCUT2D eigenvalue weighted by molar-refractivity contribution is -0.159. The average molecular weight is 474 g/mol. The number of hydrogen-bond donors (Lipinski definition) is 2. The number of ether oxygens (including phenoxy) is 1. The van der Waals surface area contributed by atoms with Crippen LogP contribution in [-0.4, -0.2) is 71.1 Å². The van der Waals surface area contributed by atoms with E-state index in [1.165, 1.54) is 4.90 Å². The van der Waals surface area contributed by atoms with Crippen LogP contribution in [0.2, 0.25) is 0 Å². The zero-order chi connectivity index (χ0) is 23.5. The molecule has 2 N–H and O–H groups in total. The van der Waals surface area contributed by atoms with E-state index in [2.05, 4.69) is 9.60 Å². The van der Waals surface area contributed by atoms with Crippen molar-refractivity contribution in [1.29, 1.82) is 0 Å². The summed E-state index contributed by atoms with van der Waals surface area (Å²) in [6.45, 7) is 5.74. The van der Waals surface area contributed by atoms with E-state index >= 15 is 0 Å². The van der Waals surface area contributed by atoms with Gasteiger partial charge in [0.25, 0.3) is 0 Å². The molecule has 2 aliphatic heterocycles. The minimum Gasteiger partial charge on any atom is -0.460 e. The highest BCUT2D eigenvalue weighted by atomic mass is 32.3. The van der Waals surface area contributed by atoms with E-state index in [1.54, 1.807) is 0 Å². The Labute approximate surface area is 187 Å². The van der Waals surface area contributed by atoms with Gasteiger partial charge in [-0.05, 0) is 70.6 Å². The van der Waals surface area contributed by atoms with Crippen LogP contribution in [-0.2, 0) is 29.0 Å². The van der Waals surface area contributed by atoms with Crippen molar-refractivity contribution in [3.05, 3.63) is 0 Å². The Morgan fingerprint density at radius 2 is 1.84 bits per heavy atom. The van der Waals surface area contributed by atoms with Crippen LogP contribution in [0, 0.1) is 11.3 Å². The van der Waals surface area contributed by atoms with Crippen molar-refractivity contribution in [2.45, 2.75) is 89.4 Å². The molecule has 2 atom stereocenters. The topological polar surface area (TPSA) is 143 Å². The van der Waals surface area contributed by atoms with Crippen molar-refractivity contribution in [3.8, 4) is 0 Å². The third-order valence-corrected chi connectivity index (χ3v) is 7.17. The zero-order valence-corrected chi connectivity index (χ0v) is 19.4. The first-order valence-corrected chi connectivity index (χ1v) is 12.4. The first-order chi connectivity index (χ1) is 14.7. The van der Waals surface area contributed by atoms with Crippen LogP contribution >= 0.6 is 0 Å². The third kappa shape index (κ3) is 4.86. The highest BCUT2D eigenvalue weighted by molar-refractivity contribution is 7.80. The monoisotopic (exact) mass is 473 g/mol. The average Bonchev–Trinajstić information content (AvgIpc) is 2.80. The summed E-state index contributed by atoms with van der Waals surface area (Å²) in [5, 5.41) is 3.65. The fraction of sp³-hybridized carbons (Fsp3) is 0.850. The molecule has 0 aromatic heterocycles. The van der Waals surface area contributed by atoms with Gasteiger partial charge in [-0.2, -0.15) is 13.5 Å². The number of esters is 1.